The van der Waals surface area contributed by atoms with Crippen LogP contribution < -0.4 is 4.74 Å². The standard InChI is InChI=1S/C21H20ClN3O4/c1-3-28-20(27)21(2,15-7-5-4-6-8-15)18(26)19(25-14-23-13-24-25)29-17-11-9-16(22)10-12-17/h4-14,19H,3H2,1-2H3. The third-order valence-corrected chi connectivity index (χ3v) is 4.74. The van der Waals surface area contributed by atoms with Crippen LogP contribution in [0.25, 0.3) is 0 Å². The van der Waals surface area contributed by atoms with Crippen molar-refractivity contribution in [1.29, 1.82) is 0 Å². The molecule has 2 atom stereocenters. The Morgan fingerprint density at radius 3 is 2.41 bits per heavy atom. The van der Waals surface area contributed by atoms with Crippen LogP contribution in [0.5, 0.6) is 5.75 Å². The molecule has 0 aliphatic carbocycles. The molecule has 0 radical (unpaired) electrons. The summed E-state index contributed by atoms with van der Waals surface area (Å²) in [4.78, 5) is 30.5. The molecule has 150 valence electrons. The minimum atomic E-state index is -1.61. The molecule has 29 heavy (non-hydrogen) atoms. The van der Waals surface area contributed by atoms with Gasteiger partial charge < -0.3 is 9.47 Å². The summed E-state index contributed by atoms with van der Waals surface area (Å²) in [6.45, 7) is 3.35. The normalized spacial score (nSPS) is 13.9. The van der Waals surface area contributed by atoms with E-state index in [1.807, 2.05) is 0 Å². The quantitative estimate of drug-likeness (QED) is 0.414. The van der Waals surface area contributed by atoms with Gasteiger partial charge in [0.15, 0.2) is 5.41 Å². The molecule has 0 saturated carbocycles. The molecule has 0 fully saturated rings. The third-order valence-electron chi connectivity index (χ3n) is 4.49. The second-order valence-corrected chi connectivity index (χ2v) is 6.81. The number of ether oxygens (including phenoxy) is 2. The zero-order valence-corrected chi connectivity index (χ0v) is 16.7. The van der Waals surface area contributed by atoms with Crippen LogP contribution in [-0.4, -0.2) is 33.1 Å². The highest BCUT2D eigenvalue weighted by Gasteiger charge is 2.49. The molecular formula is C21H20ClN3O4. The van der Waals surface area contributed by atoms with Gasteiger partial charge in [-0.05, 0) is 43.7 Å². The average molecular weight is 414 g/mol. The van der Waals surface area contributed by atoms with E-state index in [-0.39, 0.29) is 6.61 Å². The van der Waals surface area contributed by atoms with Gasteiger partial charge in [0, 0.05) is 5.02 Å². The van der Waals surface area contributed by atoms with Crippen LogP contribution in [-0.2, 0) is 19.7 Å². The maximum atomic E-state index is 13.7. The van der Waals surface area contributed by atoms with Crippen LogP contribution >= 0.6 is 11.6 Å². The molecule has 8 heteroatoms. The summed E-state index contributed by atoms with van der Waals surface area (Å²) in [6, 6.07) is 15.3. The zero-order valence-electron chi connectivity index (χ0n) is 16.0. The van der Waals surface area contributed by atoms with E-state index in [0.29, 0.717) is 16.3 Å². The highest BCUT2D eigenvalue weighted by atomic mass is 35.5. The topological polar surface area (TPSA) is 83.3 Å². The maximum Gasteiger partial charge on any atom is 0.324 e. The summed E-state index contributed by atoms with van der Waals surface area (Å²) >= 11 is 5.93. The smallest absolute Gasteiger partial charge is 0.324 e. The van der Waals surface area contributed by atoms with Crippen molar-refractivity contribution in [3.63, 3.8) is 0 Å². The number of benzene rings is 2. The molecule has 1 aromatic heterocycles. The van der Waals surface area contributed by atoms with Crippen molar-refractivity contribution < 1.29 is 19.1 Å². The maximum absolute atomic E-state index is 13.7. The summed E-state index contributed by atoms with van der Waals surface area (Å²) in [6.07, 6.45) is 1.40. The fourth-order valence-electron chi connectivity index (χ4n) is 2.86. The molecule has 1 heterocycles. The zero-order chi connectivity index (χ0) is 20.9. The van der Waals surface area contributed by atoms with Gasteiger partial charge in [-0.3, -0.25) is 9.59 Å². The Bertz CT molecular complexity index is 961. The number of carbonyl (C=O) groups is 2. The molecule has 0 aliphatic heterocycles. The first-order valence-corrected chi connectivity index (χ1v) is 9.38. The van der Waals surface area contributed by atoms with Crippen molar-refractivity contribution >= 4 is 23.4 Å². The largest absolute Gasteiger partial charge is 0.465 e. The number of nitrogens with zero attached hydrogens (tertiary/aromatic N) is 3. The summed E-state index contributed by atoms with van der Waals surface area (Å²) in [5, 5.41) is 4.57. The molecule has 0 amide bonds. The van der Waals surface area contributed by atoms with Crippen molar-refractivity contribution in [3.05, 3.63) is 77.8 Å². The third kappa shape index (κ3) is 4.30. The molecule has 0 aliphatic rings. The lowest BCUT2D eigenvalue weighted by molar-refractivity contribution is -0.157. The Labute approximate surface area is 173 Å². The number of hydrogen-bond acceptors (Lipinski definition) is 6. The van der Waals surface area contributed by atoms with Gasteiger partial charge in [0.2, 0.25) is 5.78 Å². The first-order valence-electron chi connectivity index (χ1n) is 9.00. The molecule has 3 rings (SSSR count). The lowest BCUT2D eigenvalue weighted by atomic mass is 9.77. The first kappa shape index (κ1) is 20.5. The van der Waals surface area contributed by atoms with Crippen molar-refractivity contribution in [3.8, 4) is 5.75 Å². The number of carbonyl (C=O) groups excluding carboxylic acids is 2. The van der Waals surface area contributed by atoms with E-state index in [1.165, 1.54) is 24.3 Å². The van der Waals surface area contributed by atoms with Crippen LogP contribution in [0.2, 0.25) is 5.02 Å². The minimum Gasteiger partial charge on any atom is -0.465 e. The Morgan fingerprint density at radius 2 is 1.83 bits per heavy atom. The van der Waals surface area contributed by atoms with Crippen LogP contribution in [0.15, 0.2) is 67.3 Å². The van der Waals surface area contributed by atoms with E-state index in [9.17, 15) is 9.59 Å². The second-order valence-electron chi connectivity index (χ2n) is 6.38. The highest BCUT2D eigenvalue weighted by molar-refractivity contribution is 6.30. The number of halogens is 1. The molecule has 0 N–H and O–H groups in total. The Balaban J connectivity index is 2.05. The Hall–Kier alpha value is -3.19. The molecule has 2 unspecified atom stereocenters. The van der Waals surface area contributed by atoms with Crippen molar-refractivity contribution in [2.75, 3.05) is 6.61 Å². The number of aromatic nitrogens is 3. The lowest BCUT2D eigenvalue weighted by Crippen LogP contribution is -2.47. The van der Waals surface area contributed by atoms with Gasteiger partial charge in [0.25, 0.3) is 6.23 Å². The fourth-order valence-corrected chi connectivity index (χ4v) is 2.99. The van der Waals surface area contributed by atoms with Gasteiger partial charge in [-0.2, -0.15) is 5.10 Å². The van der Waals surface area contributed by atoms with Gasteiger partial charge in [-0.25, -0.2) is 9.67 Å². The van der Waals surface area contributed by atoms with Crippen LogP contribution in [0.1, 0.15) is 25.6 Å². The predicted octanol–water partition coefficient (Wildman–Crippen LogP) is 3.60. The van der Waals surface area contributed by atoms with Crippen molar-refractivity contribution in [2.24, 2.45) is 0 Å². The van der Waals surface area contributed by atoms with Gasteiger partial charge in [-0.1, -0.05) is 41.9 Å². The predicted molar refractivity (Wildman–Crippen MR) is 107 cm³/mol. The fraction of sp³-hybridized carbons (Fsp3) is 0.238. The average Bonchev–Trinajstić information content (AvgIpc) is 3.27. The molecular weight excluding hydrogens is 394 g/mol. The van der Waals surface area contributed by atoms with Crippen LogP contribution in [0.3, 0.4) is 0 Å². The molecule has 3 aromatic rings. The second kappa shape index (κ2) is 8.87. The van der Waals surface area contributed by atoms with Crippen LogP contribution in [0.4, 0.5) is 0 Å². The summed E-state index contributed by atoms with van der Waals surface area (Å²) in [5.41, 5.74) is -1.12. The number of Topliss-reactive ketones (excluding diaryl/α,β-unsaturated/α-hetero) is 1. The molecule has 0 saturated heterocycles. The van der Waals surface area contributed by atoms with Gasteiger partial charge in [-0.15, -0.1) is 0 Å². The molecule has 0 spiro atoms. The summed E-state index contributed by atoms with van der Waals surface area (Å²) < 4.78 is 12.4. The number of rotatable bonds is 8. The van der Waals surface area contributed by atoms with Crippen molar-refractivity contribution in [1.82, 2.24) is 14.8 Å². The van der Waals surface area contributed by atoms with E-state index >= 15 is 0 Å². The molecule has 0 bridgehead atoms. The highest BCUT2D eigenvalue weighted by Crippen LogP contribution is 2.32. The summed E-state index contributed by atoms with van der Waals surface area (Å²) in [7, 11) is 0. The van der Waals surface area contributed by atoms with Gasteiger partial charge in [0.05, 0.1) is 6.61 Å². The van der Waals surface area contributed by atoms with Gasteiger partial charge in [0.1, 0.15) is 18.4 Å². The van der Waals surface area contributed by atoms with Gasteiger partial charge >= 0.3 is 5.97 Å². The first-order chi connectivity index (χ1) is 14.0. The monoisotopic (exact) mass is 413 g/mol. The van der Waals surface area contributed by atoms with E-state index in [2.05, 4.69) is 10.1 Å². The molecule has 7 nitrogen and oxygen atoms in total. The van der Waals surface area contributed by atoms with E-state index in [1.54, 1.807) is 61.5 Å². The van der Waals surface area contributed by atoms with Crippen molar-refractivity contribution in [2.45, 2.75) is 25.5 Å². The number of ketones is 1. The lowest BCUT2D eigenvalue weighted by Gasteiger charge is -2.30. The summed E-state index contributed by atoms with van der Waals surface area (Å²) in [5.74, 6) is -0.814. The SMILES string of the molecule is CCOC(=O)C(C)(C(=O)C(Oc1ccc(Cl)cc1)n1cncn1)c1ccccc1. The number of esters is 1. The van der Waals surface area contributed by atoms with Crippen LogP contribution in [0, 0.1) is 0 Å². The van der Waals surface area contributed by atoms with E-state index < -0.39 is 23.4 Å². The van der Waals surface area contributed by atoms with E-state index in [0.717, 1.165) is 0 Å². The minimum absolute atomic E-state index is 0.139. The number of hydrogen-bond donors (Lipinski definition) is 0. The Kier molecular flexibility index (Phi) is 6.29. The molecule has 2 aromatic carbocycles. The van der Waals surface area contributed by atoms with E-state index in [4.69, 9.17) is 21.1 Å². The Morgan fingerprint density at radius 1 is 1.14 bits per heavy atom.